The summed E-state index contributed by atoms with van der Waals surface area (Å²) < 4.78 is 11.6. The van der Waals surface area contributed by atoms with Gasteiger partial charge in [-0.15, -0.1) is 0 Å². The molecule has 1 aliphatic rings. The molecule has 2 aromatic rings. The van der Waals surface area contributed by atoms with E-state index in [2.05, 4.69) is 26.5 Å². The fourth-order valence-electron chi connectivity index (χ4n) is 2.56. The Morgan fingerprint density at radius 1 is 1.18 bits per heavy atom. The largest absolute Gasteiger partial charge is 0.484 e. The highest BCUT2D eigenvalue weighted by atomic mass is 79.9. The molecule has 1 heterocycles. The van der Waals surface area contributed by atoms with Crippen molar-refractivity contribution in [3.8, 4) is 5.75 Å². The first-order valence-electron chi connectivity index (χ1n) is 8.79. The predicted octanol–water partition coefficient (Wildman–Crippen LogP) is 2.45. The molecule has 0 saturated carbocycles. The summed E-state index contributed by atoms with van der Waals surface area (Å²) in [5.74, 6) is 0.250. The van der Waals surface area contributed by atoms with Crippen LogP contribution in [0, 0.1) is 0 Å². The molecule has 0 aromatic heterocycles. The molecule has 2 aromatic carbocycles. The summed E-state index contributed by atoms with van der Waals surface area (Å²) in [7, 11) is 0. The van der Waals surface area contributed by atoms with Gasteiger partial charge in [0.05, 0.1) is 19.4 Å². The Labute approximate surface area is 171 Å². The van der Waals surface area contributed by atoms with E-state index < -0.39 is 0 Å². The van der Waals surface area contributed by atoms with Crippen LogP contribution in [-0.4, -0.2) is 55.8 Å². The van der Waals surface area contributed by atoms with Crippen LogP contribution < -0.4 is 10.2 Å². The Balaban J connectivity index is 1.46. The molecule has 28 heavy (non-hydrogen) atoms. The van der Waals surface area contributed by atoms with E-state index in [1.54, 1.807) is 53.6 Å². The maximum absolute atomic E-state index is 12.1. The van der Waals surface area contributed by atoms with Crippen LogP contribution in [0.3, 0.4) is 0 Å². The first-order chi connectivity index (χ1) is 13.6. The number of nitrogens with one attached hydrogen (secondary N) is 1. The van der Waals surface area contributed by atoms with Gasteiger partial charge in [0.25, 0.3) is 11.8 Å². The van der Waals surface area contributed by atoms with Crippen molar-refractivity contribution in [2.75, 3.05) is 32.9 Å². The third kappa shape index (κ3) is 5.90. The lowest BCUT2D eigenvalue weighted by atomic mass is 10.2. The number of hydrazone groups is 1. The molecule has 0 spiro atoms. The van der Waals surface area contributed by atoms with Crippen molar-refractivity contribution in [1.29, 1.82) is 0 Å². The second kappa shape index (κ2) is 10.0. The van der Waals surface area contributed by atoms with Crippen molar-refractivity contribution in [3.05, 3.63) is 64.1 Å². The highest BCUT2D eigenvalue weighted by Gasteiger charge is 2.17. The Kier molecular flexibility index (Phi) is 7.16. The minimum absolute atomic E-state index is 0.00384. The zero-order valence-corrected chi connectivity index (χ0v) is 16.7. The molecule has 1 aliphatic heterocycles. The summed E-state index contributed by atoms with van der Waals surface area (Å²) >= 11 is 3.33. The lowest BCUT2D eigenvalue weighted by Gasteiger charge is -2.26. The van der Waals surface area contributed by atoms with E-state index in [0.29, 0.717) is 37.6 Å². The first-order valence-corrected chi connectivity index (χ1v) is 9.58. The van der Waals surface area contributed by atoms with Crippen molar-refractivity contribution < 1.29 is 19.1 Å². The topological polar surface area (TPSA) is 80.2 Å². The lowest BCUT2D eigenvalue weighted by molar-refractivity contribution is -0.137. The molecule has 0 unspecified atom stereocenters. The maximum Gasteiger partial charge on any atom is 0.271 e. The number of ether oxygens (including phenoxy) is 2. The van der Waals surface area contributed by atoms with E-state index in [-0.39, 0.29) is 18.4 Å². The van der Waals surface area contributed by atoms with Gasteiger partial charge in [0, 0.05) is 23.1 Å². The third-order valence-electron chi connectivity index (χ3n) is 4.07. The van der Waals surface area contributed by atoms with Gasteiger partial charge in [-0.2, -0.15) is 5.10 Å². The Hall–Kier alpha value is -2.71. The van der Waals surface area contributed by atoms with Crippen molar-refractivity contribution in [3.63, 3.8) is 0 Å². The fraction of sp³-hybridized carbons (Fsp3) is 0.250. The zero-order chi connectivity index (χ0) is 19.8. The number of amides is 2. The number of carbonyl (C=O) groups excluding carboxylic acids is 2. The number of morpholine rings is 1. The zero-order valence-electron chi connectivity index (χ0n) is 15.1. The minimum atomic E-state index is -0.292. The molecule has 2 amide bonds. The van der Waals surface area contributed by atoms with Gasteiger partial charge >= 0.3 is 0 Å². The monoisotopic (exact) mass is 445 g/mol. The van der Waals surface area contributed by atoms with E-state index in [1.807, 2.05) is 6.07 Å². The molecule has 146 valence electrons. The molecule has 1 fully saturated rings. The summed E-state index contributed by atoms with van der Waals surface area (Å²) in [5.41, 5.74) is 3.79. The quantitative estimate of drug-likeness (QED) is 0.546. The number of carbonyl (C=O) groups is 2. The average Bonchev–Trinajstić information content (AvgIpc) is 2.73. The van der Waals surface area contributed by atoms with Gasteiger partial charge in [-0.05, 0) is 48.0 Å². The molecule has 3 rings (SSSR count). The second-order valence-electron chi connectivity index (χ2n) is 6.06. The van der Waals surface area contributed by atoms with Crippen molar-refractivity contribution >= 4 is 34.0 Å². The summed E-state index contributed by atoms with van der Waals surface area (Å²) in [6.45, 7) is 2.33. The van der Waals surface area contributed by atoms with Gasteiger partial charge in [-0.1, -0.05) is 22.0 Å². The van der Waals surface area contributed by atoms with Crippen LogP contribution in [0.1, 0.15) is 15.9 Å². The van der Waals surface area contributed by atoms with Crippen LogP contribution in [0.2, 0.25) is 0 Å². The van der Waals surface area contributed by atoms with Crippen LogP contribution in [-0.2, 0) is 9.53 Å². The maximum atomic E-state index is 12.1. The molecule has 0 bridgehead atoms. The molecule has 0 radical (unpaired) electrons. The Morgan fingerprint density at radius 2 is 1.93 bits per heavy atom. The van der Waals surface area contributed by atoms with Gasteiger partial charge in [0.2, 0.25) is 0 Å². The molecule has 8 heteroatoms. The smallest absolute Gasteiger partial charge is 0.271 e. The first kappa shape index (κ1) is 20.0. The van der Waals surface area contributed by atoms with E-state index in [1.165, 1.54) is 0 Å². The molecule has 0 atom stereocenters. The number of hydrogen-bond acceptors (Lipinski definition) is 5. The van der Waals surface area contributed by atoms with Crippen LogP contribution in [0.5, 0.6) is 5.75 Å². The number of benzene rings is 2. The van der Waals surface area contributed by atoms with Crippen molar-refractivity contribution in [2.24, 2.45) is 5.10 Å². The number of nitrogens with zero attached hydrogens (tertiary/aromatic N) is 2. The van der Waals surface area contributed by atoms with E-state index >= 15 is 0 Å². The summed E-state index contributed by atoms with van der Waals surface area (Å²) in [4.78, 5) is 25.8. The van der Waals surface area contributed by atoms with Crippen LogP contribution in [0.25, 0.3) is 0 Å². The predicted molar refractivity (Wildman–Crippen MR) is 109 cm³/mol. The molecule has 1 saturated heterocycles. The number of rotatable bonds is 6. The van der Waals surface area contributed by atoms with E-state index in [0.717, 1.165) is 10.0 Å². The van der Waals surface area contributed by atoms with Gasteiger partial charge in [0.1, 0.15) is 5.75 Å². The lowest BCUT2D eigenvalue weighted by Crippen LogP contribution is -2.42. The summed E-state index contributed by atoms with van der Waals surface area (Å²) in [6, 6.07) is 14.2. The highest BCUT2D eigenvalue weighted by molar-refractivity contribution is 9.10. The normalized spacial score (nSPS) is 14.1. The average molecular weight is 446 g/mol. The SMILES string of the molecule is O=C(N/N=C/c1ccc(OCC(=O)N2CCOCC2)cc1)c1cccc(Br)c1. The van der Waals surface area contributed by atoms with Gasteiger partial charge < -0.3 is 14.4 Å². The van der Waals surface area contributed by atoms with E-state index in [9.17, 15) is 9.59 Å². The Morgan fingerprint density at radius 3 is 2.64 bits per heavy atom. The third-order valence-corrected chi connectivity index (χ3v) is 4.57. The summed E-state index contributed by atoms with van der Waals surface area (Å²) in [6.07, 6.45) is 1.54. The highest BCUT2D eigenvalue weighted by Crippen LogP contribution is 2.12. The van der Waals surface area contributed by atoms with Crippen molar-refractivity contribution in [1.82, 2.24) is 10.3 Å². The van der Waals surface area contributed by atoms with Gasteiger partial charge in [0.15, 0.2) is 6.61 Å². The number of hydrogen-bond donors (Lipinski definition) is 1. The standard InChI is InChI=1S/C20H20BrN3O4/c21-17-3-1-2-16(12-17)20(26)23-22-13-15-4-6-18(7-5-15)28-14-19(25)24-8-10-27-11-9-24/h1-7,12-13H,8-11,14H2,(H,23,26)/b22-13+. The summed E-state index contributed by atoms with van der Waals surface area (Å²) in [5, 5.41) is 3.96. The minimum Gasteiger partial charge on any atom is -0.484 e. The Bertz CT molecular complexity index is 849. The molecule has 0 aliphatic carbocycles. The van der Waals surface area contributed by atoms with Crippen LogP contribution in [0.4, 0.5) is 0 Å². The van der Waals surface area contributed by atoms with Crippen LogP contribution in [0.15, 0.2) is 58.1 Å². The molecular formula is C20H20BrN3O4. The van der Waals surface area contributed by atoms with Gasteiger partial charge in [-0.3, -0.25) is 9.59 Å². The second-order valence-corrected chi connectivity index (χ2v) is 6.98. The van der Waals surface area contributed by atoms with Gasteiger partial charge in [-0.25, -0.2) is 5.43 Å². The number of halogens is 1. The molecule has 1 N–H and O–H groups in total. The molecular weight excluding hydrogens is 426 g/mol. The molecule has 7 nitrogen and oxygen atoms in total. The van der Waals surface area contributed by atoms with Crippen molar-refractivity contribution in [2.45, 2.75) is 0 Å². The van der Waals surface area contributed by atoms with Crippen LogP contribution >= 0.6 is 15.9 Å². The van der Waals surface area contributed by atoms with E-state index in [4.69, 9.17) is 9.47 Å². The fourth-order valence-corrected chi connectivity index (χ4v) is 2.96.